The lowest BCUT2D eigenvalue weighted by Gasteiger charge is -2.28. The third kappa shape index (κ3) is 20.1. The van der Waals surface area contributed by atoms with Crippen molar-refractivity contribution in [2.45, 2.75) is 78.1 Å². The first-order chi connectivity index (χ1) is 37.3. The summed E-state index contributed by atoms with van der Waals surface area (Å²) in [6, 6.07) is 18.3. The minimum Gasteiger partial charge on any atom is -0.383 e. The van der Waals surface area contributed by atoms with Crippen molar-refractivity contribution in [3.8, 4) is 0 Å². The number of nitrogens with zero attached hydrogens (tertiary/aromatic N) is 2. The van der Waals surface area contributed by atoms with E-state index in [4.69, 9.17) is 17.2 Å². The molecule has 0 saturated heterocycles. The van der Waals surface area contributed by atoms with E-state index in [2.05, 4.69) is 66.3 Å². The molecule has 420 valence electrons. The Hall–Kier alpha value is -5.90. The molecule has 4 aromatic carbocycles. The first kappa shape index (κ1) is 63.6. The second-order valence-corrected chi connectivity index (χ2v) is 20.0. The predicted molar refractivity (Wildman–Crippen MR) is 315 cm³/mol. The van der Waals surface area contributed by atoms with Crippen molar-refractivity contribution in [3.05, 3.63) is 112 Å². The zero-order valence-corrected chi connectivity index (χ0v) is 47.1. The van der Waals surface area contributed by atoms with E-state index in [0.717, 1.165) is 99.3 Å². The number of hydrogen-bond donors (Lipinski definition) is 10. The molecule has 13 N–H and O–H groups in total. The fraction of sp³-hybridized carbons (Fsp3) is 0.483. The molecule has 77 heavy (non-hydrogen) atoms. The van der Waals surface area contributed by atoms with Crippen LogP contribution in [0.4, 0.5) is 5.69 Å². The maximum absolute atomic E-state index is 13.2. The maximum atomic E-state index is 13.2. The second kappa shape index (κ2) is 35.5. The molecule has 0 aromatic heterocycles. The molecule has 0 saturated carbocycles. The monoisotopic (exact) mass is 1120 g/mol. The van der Waals surface area contributed by atoms with Gasteiger partial charge < -0.3 is 54.4 Å². The summed E-state index contributed by atoms with van der Waals surface area (Å²) in [4.78, 5) is 77.6. The van der Waals surface area contributed by atoms with Gasteiger partial charge in [0.15, 0.2) is 0 Å². The third-order valence-corrected chi connectivity index (χ3v) is 13.6. The molecular formula is C58H85BrN12O6. The number of carbonyl (C=O) groups is 6. The maximum Gasteiger partial charge on any atom is 0.261 e. The Bertz CT molecular complexity index is 2550. The van der Waals surface area contributed by atoms with Crippen LogP contribution in [0.5, 0.6) is 0 Å². The Morgan fingerprint density at radius 3 is 1.25 bits per heavy atom. The Morgan fingerprint density at radius 1 is 0.455 bits per heavy atom. The summed E-state index contributed by atoms with van der Waals surface area (Å²) in [7, 11) is 0. The van der Waals surface area contributed by atoms with E-state index in [1.807, 2.05) is 36.4 Å². The average molecular weight is 1130 g/mol. The number of rotatable bonds is 34. The molecule has 0 radical (unpaired) electrons. The highest BCUT2D eigenvalue weighted by Crippen LogP contribution is 2.36. The average Bonchev–Trinajstić information content (AvgIpc) is 3.42. The summed E-state index contributed by atoms with van der Waals surface area (Å²) in [5.74, 6) is -1.65. The van der Waals surface area contributed by atoms with Crippen molar-refractivity contribution in [2.75, 3.05) is 110 Å². The van der Waals surface area contributed by atoms with Crippen LogP contribution in [0, 0.1) is 0 Å². The van der Waals surface area contributed by atoms with Crippen LogP contribution >= 0.6 is 15.9 Å². The van der Waals surface area contributed by atoms with E-state index in [1.165, 1.54) is 54.7 Å². The van der Waals surface area contributed by atoms with E-state index in [0.29, 0.717) is 76.6 Å². The molecule has 0 spiro atoms. The van der Waals surface area contributed by atoms with E-state index in [-0.39, 0.29) is 48.5 Å². The number of halogens is 1. The lowest BCUT2D eigenvalue weighted by Crippen LogP contribution is -2.42. The number of amides is 6. The summed E-state index contributed by atoms with van der Waals surface area (Å²) in [6.07, 6.45) is 10.9. The zero-order valence-electron chi connectivity index (χ0n) is 45.5. The van der Waals surface area contributed by atoms with Crippen LogP contribution in [-0.4, -0.2) is 150 Å². The fourth-order valence-corrected chi connectivity index (χ4v) is 9.26. The zero-order chi connectivity index (χ0) is 56.0. The van der Waals surface area contributed by atoms with Crippen LogP contribution in [-0.2, 0) is 9.59 Å². The highest BCUT2D eigenvalue weighted by atomic mass is 79.9. The van der Waals surface area contributed by atoms with Gasteiger partial charge in [-0.1, -0.05) is 79.0 Å². The molecule has 2 aliphatic heterocycles. The van der Waals surface area contributed by atoms with Crippen molar-refractivity contribution in [3.63, 3.8) is 0 Å². The molecule has 0 fully saturated rings. The summed E-state index contributed by atoms with van der Waals surface area (Å²) in [6.45, 7) is 22.4. The van der Waals surface area contributed by atoms with Crippen LogP contribution < -0.4 is 54.4 Å². The molecule has 0 bridgehead atoms. The Balaban J connectivity index is 0.000000280. The molecule has 0 unspecified atom stereocenters. The van der Waals surface area contributed by atoms with E-state index in [9.17, 15) is 28.8 Å². The Morgan fingerprint density at radius 2 is 0.831 bits per heavy atom. The topological polar surface area (TPSA) is 271 Å². The van der Waals surface area contributed by atoms with Crippen LogP contribution in [0.25, 0.3) is 21.5 Å². The van der Waals surface area contributed by atoms with Gasteiger partial charge in [-0.2, -0.15) is 0 Å². The number of carbonyl (C=O) groups excluding carboxylic acids is 6. The van der Waals surface area contributed by atoms with Gasteiger partial charge in [-0.3, -0.25) is 38.6 Å². The SMILES string of the molecule is C=C(C)C(=O)NCCCN1C(=O)c2cccc3c(Br)ccc(c23)C1=O.C=C(C)C(=O)NCCCN1C(=O)c2cccc3c(NCCNCCCCCCNCCN)ccc(c23)C1=O.NCCNCCCCCCNCCN. The predicted octanol–water partition coefficient (Wildman–Crippen LogP) is 5.55. The second-order valence-electron chi connectivity index (χ2n) is 19.1. The van der Waals surface area contributed by atoms with E-state index in [1.54, 1.807) is 38.1 Å². The lowest BCUT2D eigenvalue weighted by molar-refractivity contribution is -0.118. The highest BCUT2D eigenvalue weighted by Gasteiger charge is 2.34. The molecule has 6 rings (SSSR count). The molecular weight excluding hydrogens is 1040 g/mol. The number of nitrogens with one attached hydrogen (secondary N) is 7. The Labute approximate surface area is 464 Å². The minimum absolute atomic E-state index is 0.226. The van der Waals surface area contributed by atoms with Gasteiger partial charge in [0.05, 0.1) is 0 Å². The van der Waals surface area contributed by atoms with Gasteiger partial charge in [-0.15, -0.1) is 0 Å². The van der Waals surface area contributed by atoms with Crippen molar-refractivity contribution in [1.82, 2.24) is 41.7 Å². The van der Waals surface area contributed by atoms with Gasteiger partial charge in [0.1, 0.15) is 0 Å². The molecule has 0 aliphatic carbocycles. The first-order valence-electron chi connectivity index (χ1n) is 27.3. The van der Waals surface area contributed by atoms with Gasteiger partial charge in [-0.05, 0) is 120 Å². The quantitative estimate of drug-likeness (QED) is 0.0156. The van der Waals surface area contributed by atoms with Gasteiger partial charge in [-0.25, -0.2) is 0 Å². The number of unbranched alkanes of at least 4 members (excludes halogenated alkanes) is 6. The molecule has 2 heterocycles. The van der Waals surface area contributed by atoms with Crippen LogP contribution in [0.1, 0.15) is 119 Å². The first-order valence-corrected chi connectivity index (χ1v) is 28.1. The summed E-state index contributed by atoms with van der Waals surface area (Å²) in [5, 5.41) is 25.4. The normalized spacial score (nSPS) is 12.5. The Kier molecular flexibility index (Phi) is 29.3. The van der Waals surface area contributed by atoms with Gasteiger partial charge in [0, 0.05) is 138 Å². The van der Waals surface area contributed by atoms with Gasteiger partial charge in [0.2, 0.25) is 11.8 Å². The van der Waals surface area contributed by atoms with E-state index >= 15 is 0 Å². The number of imide groups is 2. The number of anilines is 1. The molecule has 0 atom stereocenters. The van der Waals surface area contributed by atoms with Gasteiger partial charge >= 0.3 is 0 Å². The third-order valence-electron chi connectivity index (χ3n) is 12.9. The van der Waals surface area contributed by atoms with Crippen molar-refractivity contribution in [1.29, 1.82) is 0 Å². The number of benzene rings is 4. The fourth-order valence-electron chi connectivity index (χ4n) is 8.80. The van der Waals surface area contributed by atoms with Crippen molar-refractivity contribution in [2.24, 2.45) is 17.2 Å². The molecule has 6 amide bonds. The summed E-state index contributed by atoms with van der Waals surface area (Å²) in [5.41, 5.74) is 20.1. The summed E-state index contributed by atoms with van der Waals surface area (Å²) < 4.78 is 0.852. The molecule has 19 heteroatoms. The lowest BCUT2D eigenvalue weighted by atomic mass is 9.93. The van der Waals surface area contributed by atoms with E-state index < -0.39 is 0 Å². The van der Waals surface area contributed by atoms with Crippen LogP contribution in [0.15, 0.2) is 89.4 Å². The largest absolute Gasteiger partial charge is 0.383 e. The van der Waals surface area contributed by atoms with Crippen molar-refractivity contribution >= 4 is 78.6 Å². The smallest absolute Gasteiger partial charge is 0.261 e. The molecule has 18 nitrogen and oxygen atoms in total. The van der Waals surface area contributed by atoms with Crippen molar-refractivity contribution < 1.29 is 28.8 Å². The van der Waals surface area contributed by atoms with Gasteiger partial charge in [0.25, 0.3) is 23.6 Å². The molecule has 4 aromatic rings. The number of hydrogen-bond acceptors (Lipinski definition) is 14. The summed E-state index contributed by atoms with van der Waals surface area (Å²) >= 11 is 3.47. The molecule has 2 aliphatic rings. The minimum atomic E-state index is -0.299. The highest BCUT2D eigenvalue weighted by molar-refractivity contribution is 9.10. The number of nitrogens with two attached hydrogens (primary N) is 3. The van der Waals surface area contributed by atoms with Crippen LogP contribution in [0.3, 0.4) is 0 Å². The standard InChI is InChI=1S/C29H42N6O3.C19H17BrN2O3.C10H26N4/c1-21(2)27(36)34-16-8-20-35-28(37)23-10-7-9-22-25(12-11-24(26(22)23)29(35)38)33-19-18-32-15-6-4-3-5-14-31-17-13-30;1-11(2)17(23)21-9-4-10-22-18(24)13-6-3-5-12-15(20)8-7-14(16(12)13)19(22)25;11-5-9-13-7-3-1-2-4-8-14-10-6-12/h7,9-12,31-33H,1,3-6,8,13-20,30H2,2H3,(H,34,36);3,5-8H,1,4,9-10H2,2H3,(H,21,23);13-14H,1-12H2. The van der Waals surface area contributed by atoms with Crippen LogP contribution in [0.2, 0.25) is 0 Å².